The minimum atomic E-state index is -0.977. The monoisotopic (exact) mass is 270 g/mol. The number of urea groups is 1. The molecule has 5 nitrogen and oxygen atoms in total. The predicted octanol–water partition coefficient (Wildman–Crippen LogP) is 2.32. The summed E-state index contributed by atoms with van der Waals surface area (Å²) in [4.78, 5) is 24.7. The first-order valence-corrected chi connectivity index (χ1v) is 7.16. The minimum Gasteiger partial charge on any atom is -0.480 e. The Balaban J connectivity index is 2.44. The van der Waals surface area contributed by atoms with Crippen molar-refractivity contribution in [2.45, 2.75) is 52.0 Å². The van der Waals surface area contributed by atoms with Crippen molar-refractivity contribution in [1.82, 2.24) is 10.2 Å². The fraction of sp³-hybridized carbons (Fsp3) is 0.857. The molecule has 1 aliphatic rings. The molecule has 1 unspecified atom stereocenters. The smallest absolute Gasteiger partial charge is 0.326 e. The van der Waals surface area contributed by atoms with E-state index in [9.17, 15) is 9.59 Å². The van der Waals surface area contributed by atoms with E-state index in [-0.39, 0.29) is 11.9 Å². The van der Waals surface area contributed by atoms with Gasteiger partial charge in [0.05, 0.1) is 0 Å². The second-order valence-corrected chi connectivity index (χ2v) is 5.89. The maximum atomic E-state index is 12.0. The molecule has 1 atom stereocenters. The second-order valence-electron chi connectivity index (χ2n) is 5.89. The number of carboxylic acids is 1. The molecular weight excluding hydrogens is 244 g/mol. The first-order valence-electron chi connectivity index (χ1n) is 7.16. The lowest BCUT2D eigenvalue weighted by Gasteiger charge is -2.28. The van der Waals surface area contributed by atoms with Crippen molar-refractivity contribution in [3.8, 4) is 0 Å². The van der Waals surface area contributed by atoms with E-state index in [1.165, 1.54) is 32.1 Å². The van der Waals surface area contributed by atoms with Gasteiger partial charge in [0.15, 0.2) is 0 Å². The van der Waals surface area contributed by atoms with Crippen molar-refractivity contribution < 1.29 is 14.7 Å². The highest BCUT2D eigenvalue weighted by Crippen LogP contribution is 2.24. The Bertz CT molecular complexity index is 312. The lowest BCUT2D eigenvalue weighted by atomic mass is 9.89. The average molecular weight is 270 g/mol. The van der Waals surface area contributed by atoms with Crippen molar-refractivity contribution in [3.05, 3.63) is 0 Å². The average Bonchev–Trinajstić information content (AvgIpc) is 2.35. The molecule has 0 aromatic heterocycles. The van der Waals surface area contributed by atoms with Gasteiger partial charge in [-0.15, -0.1) is 0 Å². The molecule has 2 N–H and O–H groups in total. The molecule has 0 radical (unpaired) electrons. The van der Waals surface area contributed by atoms with E-state index in [1.807, 2.05) is 0 Å². The van der Waals surface area contributed by atoms with E-state index in [0.29, 0.717) is 5.92 Å². The number of rotatable bonds is 5. The molecule has 0 spiro atoms. The Morgan fingerprint density at radius 2 is 1.84 bits per heavy atom. The number of aliphatic carboxylic acids is 1. The van der Waals surface area contributed by atoms with E-state index in [2.05, 4.69) is 5.32 Å². The predicted molar refractivity (Wildman–Crippen MR) is 74.0 cm³/mol. The number of hydrogen-bond donors (Lipinski definition) is 2. The third-order valence-corrected chi connectivity index (χ3v) is 3.82. The van der Waals surface area contributed by atoms with Gasteiger partial charge in [-0.2, -0.15) is 0 Å². The summed E-state index contributed by atoms with van der Waals surface area (Å²) in [5.74, 6) is -0.536. The van der Waals surface area contributed by atoms with Crippen LogP contribution in [0, 0.1) is 11.8 Å². The molecule has 1 aliphatic carbocycles. The number of carboxylic acid groups (broad SMARTS) is 1. The summed E-state index contributed by atoms with van der Waals surface area (Å²) in [6.07, 6.45) is 6.11. The van der Waals surface area contributed by atoms with E-state index in [1.54, 1.807) is 25.8 Å². The van der Waals surface area contributed by atoms with Crippen LogP contribution in [0.1, 0.15) is 46.0 Å². The molecule has 19 heavy (non-hydrogen) atoms. The molecule has 0 aliphatic heterocycles. The Morgan fingerprint density at radius 3 is 2.32 bits per heavy atom. The van der Waals surface area contributed by atoms with Crippen molar-refractivity contribution in [3.63, 3.8) is 0 Å². The molecule has 0 bridgehead atoms. The summed E-state index contributed by atoms with van der Waals surface area (Å²) in [6.45, 7) is 4.30. The fourth-order valence-corrected chi connectivity index (χ4v) is 2.60. The van der Waals surface area contributed by atoms with E-state index in [0.717, 1.165) is 6.54 Å². The second kappa shape index (κ2) is 7.36. The van der Waals surface area contributed by atoms with Gasteiger partial charge in [0.25, 0.3) is 0 Å². The molecule has 1 rings (SSSR count). The Labute approximate surface area is 115 Å². The third kappa shape index (κ3) is 5.09. The minimum absolute atomic E-state index is 0.121. The van der Waals surface area contributed by atoms with Crippen LogP contribution in [0.3, 0.4) is 0 Å². The lowest BCUT2D eigenvalue weighted by Crippen LogP contribution is -2.50. The fourth-order valence-electron chi connectivity index (χ4n) is 2.60. The Kier molecular flexibility index (Phi) is 6.12. The van der Waals surface area contributed by atoms with Gasteiger partial charge in [0, 0.05) is 13.6 Å². The van der Waals surface area contributed by atoms with Crippen LogP contribution in [-0.2, 0) is 4.79 Å². The molecule has 1 fully saturated rings. The van der Waals surface area contributed by atoms with Crippen molar-refractivity contribution in [2.24, 2.45) is 11.8 Å². The highest BCUT2D eigenvalue weighted by Gasteiger charge is 2.25. The number of carbonyl (C=O) groups excluding carboxylic acids is 1. The zero-order chi connectivity index (χ0) is 14.4. The zero-order valence-corrected chi connectivity index (χ0v) is 12.2. The maximum Gasteiger partial charge on any atom is 0.326 e. The van der Waals surface area contributed by atoms with E-state index in [4.69, 9.17) is 5.11 Å². The van der Waals surface area contributed by atoms with Gasteiger partial charge in [0.1, 0.15) is 6.04 Å². The molecule has 5 heteroatoms. The maximum absolute atomic E-state index is 12.0. The first-order chi connectivity index (χ1) is 8.91. The number of amides is 2. The molecular formula is C14H26N2O3. The zero-order valence-electron chi connectivity index (χ0n) is 12.2. The van der Waals surface area contributed by atoms with Crippen LogP contribution < -0.4 is 5.32 Å². The summed E-state index contributed by atoms with van der Waals surface area (Å²) in [5, 5.41) is 11.7. The summed E-state index contributed by atoms with van der Waals surface area (Å²) < 4.78 is 0. The van der Waals surface area contributed by atoms with Crippen LogP contribution in [0.2, 0.25) is 0 Å². The summed E-state index contributed by atoms with van der Waals surface area (Å²) in [6, 6.07) is -1.10. The van der Waals surface area contributed by atoms with Crippen molar-refractivity contribution in [2.75, 3.05) is 13.6 Å². The lowest BCUT2D eigenvalue weighted by molar-refractivity contribution is -0.140. The highest BCUT2D eigenvalue weighted by molar-refractivity contribution is 5.82. The van der Waals surface area contributed by atoms with Crippen LogP contribution in [0.5, 0.6) is 0 Å². The van der Waals surface area contributed by atoms with Crippen LogP contribution >= 0.6 is 0 Å². The van der Waals surface area contributed by atoms with Gasteiger partial charge in [-0.05, 0) is 24.7 Å². The van der Waals surface area contributed by atoms with Crippen LogP contribution in [0.25, 0.3) is 0 Å². The number of nitrogens with one attached hydrogen (secondary N) is 1. The van der Waals surface area contributed by atoms with Crippen molar-refractivity contribution >= 4 is 12.0 Å². The number of carbonyl (C=O) groups is 2. The summed E-state index contributed by atoms with van der Waals surface area (Å²) in [5.41, 5.74) is 0. The van der Waals surface area contributed by atoms with Gasteiger partial charge in [-0.25, -0.2) is 9.59 Å². The Morgan fingerprint density at radius 1 is 1.26 bits per heavy atom. The van der Waals surface area contributed by atoms with E-state index >= 15 is 0 Å². The van der Waals surface area contributed by atoms with E-state index < -0.39 is 12.0 Å². The third-order valence-electron chi connectivity index (χ3n) is 3.82. The topological polar surface area (TPSA) is 69.6 Å². The van der Waals surface area contributed by atoms with Gasteiger partial charge < -0.3 is 15.3 Å². The molecule has 1 saturated carbocycles. The molecule has 0 heterocycles. The largest absolute Gasteiger partial charge is 0.480 e. The number of hydrogen-bond acceptors (Lipinski definition) is 2. The molecule has 0 aromatic carbocycles. The molecule has 2 amide bonds. The standard InChI is InChI=1S/C14H26N2O3/c1-10(2)12(13(17)18)15-14(19)16(3)9-11-7-5-4-6-8-11/h10-12H,4-9H2,1-3H3,(H,15,19)(H,17,18). The summed E-state index contributed by atoms with van der Waals surface area (Å²) >= 11 is 0. The van der Waals surface area contributed by atoms with Crippen LogP contribution in [-0.4, -0.2) is 41.6 Å². The van der Waals surface area contributed by atoms with Gasteiger partial charge in [-0.3, -0.25) is 0 Å². The summed E-state index contributed by atoms with van der Waals surface area (Å²) in [7, 11) is 1.74. The van der Waals surface area contributed by atoms with Crippen molar-refractivity contribution in [1.29, 1.82) is 0 Å². The van der Waals surface area contributed by atoms with Crippen LogP contribution in [0.4, 0.5) is 4.79 Å². The molecule has 0 saturated heterocycles. The number of nitrogens with zero attached hydrogens (tertiary/aromatic N) is 1. The normalized spacial score (nSPS) is 18.1. The van der Waals surface area contributed by atoms with Gasteiger partial charge >= 0.3 is 12.0 Å². The quantitative estimate of drug-likeness (QED) is 0.805. The first kappa shape index (κ1) is 15.8. The van der Waals surface area contributed by atoms with Crippen LogP contribution in [0.15, 0.2) is 0 Å². The van der Waals surface area contributed by atoms with Gasteiger partial charge in [-0.1, -0.05) is 33.1 Å². The highest BCUT2D eigenvalue weighted by atomic mass is 16.4. The van der Waals surface area contributed by atoms with Gasteiger partial charge in [0.2, 0.25) is 0 Å². The molecule has 110 valence electrons. The SMILES string of the molecule is CC(C)C(NC(=O)N(C)CC1CCCCC1)C(=O)O. The molecule has 0 aromatic rings. The Hall–Kier alpha value is -1.26.